The van der Waals surface area contributed by atoms with E-state index in [1.54, 1.807) is 42.5 Å². The van der Waals surface area contributed by atoms with E-state index < -0.39 is 15.9 Å². The maximum absolute atomic E-state index is 13.8. The van der Waals surface area contributed by atoms with Crippen LogP contribution in [0.25, 0.3) is 22.0 Å². The molecule has 34 heavy (non-hydrogen) atoms. The zero-order valence-electron chi connectivity index (χ0n) is 18.1. The molecule has 3 aromatic carbocycles. The molecule has 174 valence electrons. The summed E-state index contributed by atoms with van der Waals surface area (Å²) in [6.45, 7) is 2.46. The highest BCUT2D eigenvalue weighted by atomic mass is 32.2. The van der Waals surface area contributed by atoms with Crippen molar-refractivity contribution in [3.8, 4) is 17.0 Å². The number of benzene rings is 3. The molecule has 0 spiro atoms. The highest BCUT2D eigenvalue weighted by Gasteiger charge is 2.18. The number of pyridine rings is 1. The van der Waals surface area contributed by atoms with Crippen molar-refractivity contribution in [2.75, 3.05) is 12.3 Å². The Hall–Kier alpha value is -3.89. The average molecular weight is 481 g/mol. The van der Waals surface area contributed by atoms with Gasteiger partial charge < -0.3 is 10.5 Å². The molecule has 10 heteroatoms. The fraction of sp³-hybridized carbons (Fsp3) is 0.125. The van der Waals surface area contributed by atoms with Gasteiger partial charge in [-0.15, -0.1) is 10.2 Å². The summed E-state index contributed by atoms with van der Waals surface area (Å²) in [6.07, 6.45) is 2.25. The van der Waals surface area contributed by atoms with Crippen molar-refractivity contribution in [3.05, 3.63) is 72.7 Å². The summed E-state index contributed by atoms with van der Waals surface area (Å²) in [5, 5.41) is 8.87. The lowest BCUT2D eigenvalue weighted by Crippen LogP contribution is -2.01. The van der Waals surface area contributed by atoms with E-state index in [0.717, 1.165) is 6.42 Å². The molecule has 0 aliphatic heterocycles. The summed E-state index contributed by atoms with van der Waals surface area (Å²) in [5.74, 6) is 0.109. The van der Waals surface area contributed by atoms with Crippen LogP contribution in [0.2, 0.25) is 0 Å². The van der Waals surface area contributed by atoms with Crippen LogP contribution in [0, 0.1) is 5.82 Å². The zero-order valence-corrected chi connectivity index (χ0v) is 19.0. The predicted molar refractivity (Wildman–Crippen MR) is 128 cm³/mol. The van der Waals surface area contributed by atoms with Crippen molar-refractivity contribution < 1.29 is 22.1 Å². The first kappa shape index (κ1) is 23.3. The number of fused-ring (bicyclic) bond motifs is 1. The number of hydrogen-bond acceptors (Lipinski definition) is 7. The number of rotatable bonds is 7. The van der Waals surface area contributed by atoms with E-state index in [0.29, 0.717) is 34.7 Å². The summed E-state index contributed by atoms with van der Waals surface area (Å²) in [6, 6.07) is 15.2. The van der Waals surface area contributed by atoms with E-state index in [1.807, 2.05) is 6.92 Å². The van der Waals surface area contributed by atoms with Gasteiger partial charge in [0.15, 0.2) is 0 Å². The van der Waals surface area contributed by atoms with Crippen LogP contribution in [0.5, 0.6) is 5.75 Å². The van der Waals surface area contributed by atoms with Crippen LogP contribution in [0.3, 0.4) is 0 Å². The van der Waals surface area contributed by atoms with Gasteiger partial charge in [0.2, 0.25) is 0 Å². The first-order valence-corrected chi connectivity index (χ1v) is 11.8. The molecule has 0 aliphatic carbocycles. The number of aromatic nitrogens is 1. The molecule has 0 atom stereocenters. The number of azo groups is 1. The molecule has 0 saturated heterocycles. The number of nitrogen functional groups attached to an aromatic ring is 1. The summed E-state index contributed by atoms with van der Waals surface area (Å²) in [4.78, 5) is 4.02. The monoisotopic (exact) mass is 480 g/mol. The van der Waals surface area contributed by atoms with Crippen molar-refractivity contribution in [2.45, 2.75) is 18.2 Å². The highest BCUT2D eigenvalue weighted by molar-refractivity contribution is 7.86. The van der Waals surface area contributed by atoms with E-state index >= 15 is 0 Å². The first-order valence-electron chi connectivity index (χ1n) is 10.4. The quantitative estimate of drug-likeness (QED) is 0.188. The number of ether oxygens (including phenoxy) is 1. The maximum Gasteiger partial charge on any atom is 0.295 e. The van der Waals surface area contributed by atoms with Gasteiger partial charge in [-0.05, 0) is 42.8 Å². The van der Waals surface area contributed by atoms with Crippen molar-refractivity contribution in [1.29, 1.82) is 0 Å². The minimum absolute atomic E-state index is 0.0794. The van der Waals surface area contributed by atoms with Gasteiger partial charge in [-0.1, -0.05) is 31.2 Å². The molecule has 4 rings (SSSR count). The average Bonchev–Trinajstić information content (AvgIpc) is 2.82. The predicted octanol–water partition coefficient (Wildman–Crippen LogP) is 6.07. The van der Waals surface area contributed by atoms with Gasteiger partial charge in [-0.25, -0.2) is 4.39 Å². The third-order valence-electron chi connectivity index (χ3n) is 5.00. The molecule has 0 radical (unpaired) electrons. The van der Waals surface area contributed by atoms with Gasteiger partial charge in [0.05, 0.1) is 24.2 Å². The van der Waals surface area contributed by atoms with Crippen molar-refractivity contribution in [3.63, 3.8) is 0 Å². The van der Waals surface area contributed by atoms with E-state index in [4.69, 9.17) is 10.5 Å². The van der Waals surface area contributed by atoms with E-state index in [9.17, 15) is 17.4 Å². The topological polar surface area (TPSA) is 127 Å². The Morgan fingerprint density at radius 3 is 2.50 bits per heavy atom. The lowest BCUT2D eigenvalue weighted by atomic mass is 10.1. The SMILES string of the molecule is CCCOc1ccc(F)cc1-c1ccc(N=Nc2cc(S(=O)(=O)O)c3ccccc3c2N)cn1. The molecule has 0 bridgehead atoms. The summed E-state index contributed by atoms with van der Waals surface area (Å²) in [5.41, 5.74) is 7.82. The van der Waals surface area contributed by atoms with Gasteiger partial charge in [0, 0.05) is 16.3 Å². The van der Waals surface area contributed by atoms with Crippen LogP contribution in [0.4, 0.5) is 21.5 Å². The largest absolute Gasteiger partial charge is 0.493 e. The van der Waals surface area contributed by atoms with Crippen LogP contribution in [-0.4, -0.2) is 24.6 Å². The van der Waals surface area contributed by atoms with Gasteiger partial charge in [-0.3, -0.25) is 9.54 Å². The third-order valence-corrected chi connectivity index (χ3v) is 5.90. The molecule has 0 aliphatic rings. The van der Waals surface area contributed by atoms with E-state index in [-0.39, 0.29) is 21.7 Å². The van der Waals surface area contributed by atoms with Crippen molar-refractivity contribution in [1.82, 2.24) is 4.98 Å². The summed E-state index contributed by atoms with van der Waals surface area (Å²) in [7, 11) is -4.51. The Labute approximate surface area is 195 Å². The Bertz CT molecular complexity index is 1490. The minimum atomic E-state index is -4.51. The second-order valence-corrected chi connectivity index (χ2v) is 8.81. The number of anilines is 1. The molecular formula is C24H21FN4O4S. The fourth-order valence-corrected chi connectivity index (χ4v) is 4.12. The second kappa shape index (κ2) is 9.54. The molecule has 0 fully saturated rings. The van der Waals surface area contributed by atoms with Crippen molar-refractivity contribution in [2.24, 2.45) is 10.2 Å². The van der Waals surface area contributed by atoms with E-state index in [2.05, 4.69) is 15.2 Å². The van der Waals surface area contributed by atoms with Gasteiger partial charge in [-0.2, -0.15) is 8.42 Å². The molecule has 0 unspecified atom stereocenters. The van der Waals surface area contributed by atoms with Crippen molar-refractivity contribution >= 4 is 38.0 Å². The number of nitrogens with two attached hydrogens (primary N) is 1. The molecular weight excluding hydrogens is 459 g/mol. The molecule has 1 aromatic heterocycles. The molecule has 0 saturated carbocycles. The number of hydrogen-bond donors (Lipinski definition) is 2. The summed E-state index contributed by atoms with van der Waals surface area (Å²) < 4.78 is 52.9. The third kappa shape index (κ3) is 4.87. The Morgan fingerprint density at radius 2 is 1.82 bits per heavy atom. The molecule has 4 aromatic rings. The Morgan fingerprint density at radius 1 is 1.06 bits per heavy atom. The minimum Gasteiger partial charge on any atom is -0.493 e. The molecule has 0 amide bonds. The van der Waals surface area contributed by atoms with Gasteiger partial charge in [0.25, 0.3) is 10.1 Å². The highest BCUT2D eigenvalue weighted by Crippen LogP contribution is 2.37. The van der Waals surface area contributed by atoms with E-state index in [1.165, 1.54) is 24.4 Å². The van der Waals surface area contributed by atoms with Crippen LogP contribution in [0.15, 0.2) is 82.0 Å². The fourth-order valence-electron chi connectivity index (χ4n) is 3.40. The molecule has 8 nitrogen and oxygen atoms in total. The van der Waals surface area contributed by atoms with Crippen LogP contribution in [0.1, 0.15) is 13.3 Å². The van der Waals surface area contributed by atoms with Gasteiger partial charge in [0.1, 0.15) is 27.8 Å². The van der Waals surface area contributed by atoms with Crippen LogP contribution in [-0.2, 0) is 10.1 Å². The Kier molecular flexibility index (Phi) is 6.53. The Balaban J connectivity index is 1.68. The summed E-state index contributed by atoms with van der Waals surface area (Å²) >= 11 is 0. The standard InChI is InChI=1S/C24H21FN4O4S/c1-2-11-33-22-10-7-15(25)12-19(22)20-9-8-16(14-27-20)28-29-21-13-23(34(30,31)32)17-5-3-4-6-18(17)24(21)26/h3-10,12-14H,2,11,26H2,1H3,(H,30,31,32). The second-order valence-electron chi connectivity index (χ2n) is 7.42. The normalized spacial score (nSPS) is 11.9. The van der Waals surface area contributed by atoms with Gasteiger partial charge >= 0.3 is 0 Å². The smallest absolute Gasteiger partial charge is 0.295 e. The number of nitrogens with zero attached hydrogens (tertiary/aromatic N) is 3. The zero-order chi connectivity index (χ0) is 24.3. The lowest BCUT2D eigenvalue weighted by molar-refractivity contribution is 0.318. The van der Waals surface area contributed by atoms with Crippen LogP contribution < -0.4 is 10.5 Å². The van der Waals surface area contributed by atoms with Crippen LogP contribution >= 0.6 is 0 Å². The maximum atomic E-state index is 13.8. The first-order chi connectivity index (χ1) is 16.3. The lowest BCUT2D eigenvalue weighted by Gasteiger charge is -2.11. The number of halogens is 1. The molecule has 1 heterocycles. The molecule has 3 N–H and O–H groups in total.